The van der Waals surface area contributed by atoms with Crippen LogP contribution in [0, 0.1) is 0 Å². The van der Waals surface area contributed by atoms with Gasteiger partial charge in [0.15, 0.2) is 5.82 Å². The summed E-state index contributed by atoms with van der Waals surface area (Å²) in [5, 5.41) is 8.01. The van der Waals surface area contributed by atoms with Gasteiger partial charge in [-0.15, -0.1) is 0 Å². The monoisotopic (exact) mass is 410 g/mol. The van der Waals surface area contributed by atoms with Crippen LogP contribution in [0.2, 0.25) is 0 Å². The smallest absolute Gasteiger partial charge is 0.193 e. The van der Waals surface area contributed by atoms with Crippen molar-refractivity contribution in [3.63, 3.8) is 0 Å². The molecule has 1 aromatic carbocycles. The van der Waals surface area contributed by atoms with E-state index in [1.807, 2.05) is 20.0 Å². The molecule has 2 heterocycles. The summed E-state index contributed by atoms with van der Waals surface area (Å²) >= 11 is 0. The number of unbranched alkanes of at least 4 members (excludes halogenated alkanes) is 1. The number of nitrogens with two attached hydrogens (primary N) is 1. The maximum Gasteiger partial charge on any atom is 0.193 e. The molecular weight excluding hydrogens is 376 g/mol. The van der Waals surface area contributed by atoms with Crippen LogP contribution in [0.1, 0.15) is 63.3 Å². The van der Waals surface area contributed by atoms with Gasteiger partial charge in [-0.1, -0.05) is 37.6 Å². The molecule has 1 aliphatic heterocycles. The molecule has 7 nitrogen and oxygen atoms in total. The van der Waals surface area contributed by atoms with E-state index in [1.54, 1.807) is 11.1 Å². The van der Waals surface area contributed by atoms with E-state index in [2.05, 4.69) is 51.5 Å². The van der Waals surface area contributed by atoms with Crippen LogP contribution in [0.5, 0.6) is 0 Å². The second-order valence-corrected chi connectivity index (χ2v) is 8.53. The minimum absolute atomic E-state index is 0.0413. The molecule has 162 valence electrons. The topological polar surface area (TPSA) is 71.6 Å². The van der Waals surface area contributed by atoms with Crippen molar-refractivity contribution in [1.29, 1.82) is 0 Å². The molecule has 1 fully saturated rings. The van der Waals surface area contributed by atoms with Gasteiger partial charge in [-0.05, 0) is 44.2 Å². The van der Waals surface area contributed by atoms with Gasteiger partial charge in [-0.25, -0.2) is 4.98 Å². The molecule has 0 amide bonds. The second kappa shape index (κ2) is 9.00. The Hall–Kier alpha value is -2.67. The minimum Gasteiger partial charge on any atom is -0.408 e. The average Bonchev–Trinajstić information content (AvgIpc) is 3.47. The Labute approximate surface area is 179 Å². The van der Waals surface area contributed by atoms with E-state index in [9.17, 15) is 0 Å². The van der Waals surface area contributed by atoms with Crippen LogP contribution in [0.25, 0.3) is 5.70 Å². The first-order valence-electron chi connectivity index (χ1n) is 11.1. The van der Waals surface area contributed by atoms with Gasteiger partial charge in [0, 0.05) is 25.3 Å². The maximum atomic E-state index is 6.35. The number of hydrogen-bond acceptors (Lipinski definition) is 6. The number of aromatic nitrogens is 2. The van der Waals surface area contributed by atoms with Crippen molar-refractivity contribution in [3.05, 3.63) is 53.6 Å². The predicted octanol–water partition coefficient (Wildman–Crippen LogP) is 3.27. The zero-order chi connectivity index (χ0) is 21.1. The molecule has 3 N–H and O–H groups in total. The van der Waals surface area contributed by atoms with Gasteiger partial charge >= 0.3 is 0 Å². The van der Waals surface area contributed by atoms with Gasteiger partial charge in [-0.2, -0.15) is 4.73 Å². The zero-order valence-electron chi connectivity index (χ0n) is 18.3. The number of hydrazine groups is 1. The third kappa shape index (κ3) is 4.73. The Morgan fingerprint density at radius 1 is 1.20 bits per heavy atom. The molecule has 0 atom stereocenters. The van der Waals surface area contributed by atoms with Gasteiger partial charge in [0.05, 0.1) is 12.2 Å². The number of hydrogen-bond donors (Lipinski definition) is 2. The van der Waals surface area contributed by atoms with Gasteiger partial charge in [0.1, 0.15) is 18.1 Å². The van der Waals surface area contributed by atoms with Crippen LogP contribution in [-0.4, -0.2) is 33.4 Å². The summed E-state index contributed by atoms with van der Waals surface area (Å²) in [6, 6.07) is 9.60. The van der Waals surface area contributed by atoms with E-state index in [-0.39, 0.29) is 6.10 Å². The summed E-state index contributed by atoms with van der Waals surface area (Å²) in [6.07, 6.45) is 8.58. The molecule has 1 saturated carbocycles. The molecular formula is C23H34N6O. The number of fused-ring (bicyclic) bond motifs is 1. The maximum absolute atomic E-state index is 6.35. The molecule has 0 unspecified atom stereocenters. The van der Waals surface area contributed by atoms with Crippen LogP contribution >= 0.6 is 0 Å². The SMILES string of the molecule is CCCCN1C=C(N)c2ncn(OC(C)C)c2N1Cc1ccc(CNC2CC2)cc1. The van der Waals surface area contributed by atoms with Gasteiger partial charge in [0.25, 0.3) is 0 Å². The highest BCUT2D eigenvalue weighted by Crippen LogP contribution is 2.32. The van der Waals surface area contributed by atoms with E-state index in [0.717, 1.165) is 50.0 Å². The van der Waals surface area contributed by atoms with Crippen LogP contribution in [-0.2, 0) is 13.1 Å². The first-order valence-corrected chi connectivity index (χ1v) is 11.1. The van der Waals surface area contributed by atoms with E-state index < -0.39 is 0 Å². The van der Waals surface area contributed by atoms with Crippen molar-refractivity contribution < 1.29 is 4.84 Å². The third-order valence-corrected chi connectivity index (χ3v) is 5.42. The van der Waals surface area contributed by atoms with Crippen molar-refractivity contribution >= 4 is 11.5 Å². The van der Waals surface area contributed by atoms with E-state index in [4.69, 9.17) is 10.6 Å². The van der Waals surface area contributed by atoms with Crippen molar-refractivity contribution in [2.75, 3.05) is 11.6 Å². The van der Waals surface area contributed by atoms with Crippen molar-refractivity contribution in [1.82, 2.24) is 20.0 Å². The summed E-state index contributed by atoms with van der Waals surface area (Å²) in [6.45, 7) is 8.80. The molecule has 2 aromatic rings. The standard InChI is InChI=1S/C23H34N6O/c1-4-5-12-27-15-21(24)22-23(29(16-26-22)30-17(2)3)28(27)14-19-8-6-18(7-9-19)13-25-20-10-11-20/h6-9,15-17,20,25H,4-5,10-14,24H2,1-3H3. The lowest BCUT2D eigenvalue weighted by Crippen LogP contribution is -2.44. The van der Waals surface area contributed by atoms with Crippen LogP contribution in [0.4, 0.5) is 5.82 Å². The van der Waals surface area contributed by atoms with Crippen molar-refractivity contribution in [2.45, 2.75) is 71.7 Å². The predicted molar refractivity (Wildman–Crippen MR) is 120 cm³/mol. The van der Waals surface area contributed by atoms with Gasteiger partial charge in [-0.3, -0.25) is 10.0 Å². The lowest BCUT2D eigenvalue weighted by molar-refractivity contribution is 0.0587. The lowest BCUT2D eigenvalue weighted by Gasteiger charge is -2.39. The number of benzene rings is 1. The van der Waals surface area contributed by atoms with Gasteiger partial charge in [0.2, 0.25) is 0 Å². The third-order valence-electron chi connectivity index (χ3n) is 5.42. The summed E-state index contributed by atoms with van der Waals surface area (Å²) < 4.78 is 1.76. The zero-order valence-corrected chi connectivity index (χ0v) is 18.3. The summed E-state index contributed by atoms with van der Waals surface area (Å²) in [4.78, 5) is 10.5. The average molecular weight is 411 g/mol. The number of anilines is 1. The Morgan fingerprint density at radius 3 is 2.60 bits per heavy atom. The normalized spacial score (nSPS) is 16.1. The Bertz CT molecular complexity index is 868. The van der Waals surface area contributed by atoms with Gasteiger partial charge < -0.3 is 15.9 Å². The Balaban J connectivity index is 1.57. The number of nitrogens with one attached hydrogen (secondary N) is 1. The molecule has 1 aromatic heterocycles. The lowest BCUT2D eigenvalue weighted by atomic mass is 10.1. The summed E-state index contributed by atoms with van der Waals surface area (Å²) in [7, 11) is 0. The summed E-state index contributed by atoms with van der Waals surface area (Å²) in [5.41, 5.74) is 10.4. The number of imidazole rings is 1. The van der Waals surface area contributed by atoms with Crippen molar-refractivity contribution in [3.8, 4) is 0 Å². The Morgan fingerprint density at radius 2 is 1.93 bits per heavy atom. The highest BCUT2D eigenvalue weighted by atomic mass is 16.7. The molecule has 0 saturated heterocycles. The number of nitrogens with zero attached hydrogens (tertiary/aromatic N) is 4. The fraction of sp³-hybridized carbons (Fsp3) is 0.522. The second-order valence-electron chi connectivity index (χ2n) is 8.53. The molecule has 4 rings (SSSR count). The van der Waals surface area contributed by atoms with E-state index in [1.165, 1.54) is 24.0 Å². The van der Waals surface area contributed by atoms with Crippen LogP contribution in [0.3, 0.4) is 0 Å². The molecule has 0 radical (unpaired) electrons. The number of rotatable bonds is 10. The fourth-order valence-electron chi connectivity index (χ4n) is 3.64. The largest absolute Gasteiger partial charge is 0.408 e. The molecule has 0 bridgehead atoms. The minimum atomic E-state index is 0.0413. The van der Waals surface area contributed by atoms with Crippen LogP contribution < -0.4 is 20.9 Å². The van der Waals surface area contributed by atoms with Crippen LogP contribution in [0.15, 0.2) is 36.8 Å². The summed E-state index contributed by atoms with van der Waals surface area (Å²) in [5.74, 6) is 0.888. The first kappa shape index (κ1) is 20.6. The van der Waals surface area contributed by atoms with E-state index in [0.29, 0.717) is 5.70 Å². The van der Waals surface area contributed by atoms with E-state index >= 15 is 0 Å². The quantitative estimate of drug-likeness (QED) is 0.626. The highest BCUT2D eigenvalue weighted by Gasteiger charge is 2.29. The molecule has 1 aliphatic carbocycles. The highest BCUT2D eigenvalue weighted by molar-refractivity contribution is 5.72. The fourth-order valence-corrected chi connectivity index (χ4v) is 3.64. The first-order chi connectivity index (χ1) is 14.5. The Kier molecular flexibility index (Phi) is 6.18. The molecule has 30 heavy (non-hydrogen) atoms. The molecule has 0 spiro atoms. The molecule has 2 aliphatic rings. The van der Waals surface area contributed by atoms with Crippen molar-refractivity contribution in [2.24, 2.45) is 5.73 Å². The molecule has 7 heteroatoms.